The maximum atomic E-state index is 13.9. The monoisotopic (exact) mass is 652 g/mol. The summed E-state index contributed by atoms with van der Waals surface area (Å²) < 4.78 is 13.8. The minimum Gasteiger partial charge on any atom is -0.344 e. The van der Waals surface area contributed by atoms with E-state index in [-0.39, 0.29) is 55.0 Å². The molecule has 14 nitrogen and oxygen atoms in total. The molecule has 4 heterocycles. The number of anilines is 2. The Morgan fingerprint density at radius 2 is 1.33 bits per heavy atom. The number of rotatable bonds is 8. The first-order valence-corrected chi connectivity index (χ1v) is 17.1. The lowest BCUT2D eigenvalue weighted by Crippen LogP contribution is -2.52. The van der Waals surface area contributed by atoms with E-state index < -0.39 is 42.8 Å². The molecule has 5 amide bonds. The van der Waals surface area contributed by atoms with Crippen molar-refractivity contribution in [2.45, 2.75) is 74.3 Å². The Labute approximate surface area is 265 Å². The largest absolute Gasteiger partial charge is 0.356 e. The molecule has 4 aliphatic rings. The molecule has 4 fully saturated rings. The van der Waals surface area contributed by atoms with Gasteiger partial charge in [0.15, 0.2) is 5.28 Å². The summed E-state index contributed by atoms with van der Waals surface area (Å²) in [6.07, 6.45) is 2.89. The van der Waals surface area contributed by atoms with Gasteiger partial charge in [0.1, 0.15) is 12.1 Å². The highest BCUT2D eigenvalue weighted by Crippen LogP contribution is 2.68. The summed E-state index contributed by atoms with van der Waals surface area (Å²) in [5.41, 5.74) is 1.62. The number of amides is 5. The molecule has 15 heteroatoms. The molecule has 0 radical (unpaired) electrons. The van der Waals surface area contributed by atoms with Crippen LogP contribution in [0, 0.1) is 0 Å². The smallest absolute Gasteiger partial charge is 0.344 e. The highest BCUT2D eigenvalue weighted by Gasteiger charge is 2.63. The first-order chi connectivity index (χ1) is 22.0. The van der Waals surface area contributed by atoms with Crippen molar-refractivity contribution in [3.05, 3.63) is 59.7 Å². The Morgan fingerprint density at radius 1 is 0.783 bits per heavy atom. The molecule has 2 unspecified atom stereocenters. The van der Waals surface area contributed by atoms with E-state index in [1.807, 2.05) is 0 Å². The van der Waals surface area contributed by atoms with Crippen molar-refractivity contribution in [1.82, 2.24) is 20.9 Å². The zero-order valence-corrected chi connectivity index (χ0v) is 25.9. The van der Waals surface area contributed by atoms with Gasteiger partial charge in [-0.05, 0) is 74.0 Å². The van der Waals surface area contributed by atoms with Crippen LogP contribution < -0.4 is 26.6 Å². The van der Waals surface area contributed by atoms with E-state index in [0.29, 0.717) is 42.7 Å². The van der Waals surface area contributed by atoms with Crippen LogP contribution in [0.25, 0.3) is 0 Å². The molecule has 2 aromatic carbocycles. The van der Waals surface area contributed by atoms with Crippen molar-refractivity contribution < 1.29 is 38.3 Å². The van der Waals surface area contributed by atoms with Crippen molar-refractivity contribution in [2.24, 2.45) is 0 Å². The van der Waals surface area contributed by atoms with E-state index in [1.165, 1.54) is 29.2 Å². The van der Waals surface area contributed by atoms with E-state index in [1.54, 1.807) is 24.3 Å². The fraction of sp³-hybridized carbons (Fsp3) is 0.452. The normalized spacial score (nSPS) is 27.7. The molecule has 0 bridgehead atoms. The van der Waals surface area contributed by atoms with E-state index in [4.69, 9.17) is 0 Å². The van der Waals surface area contributed by atoms with Gasteiger partial charge in [-0.3, -0.25) is 28.5 Å². The van der Waals surface area contributed by atoms with Crippen LogP contribution in [0.5, 0.6) is 0 Å². The lowest BCUT2D eigenvalue weighted by molar-refractivity contribution is -0.136. The number of hydrogen-bond acceptors (Lipinski definition) is 7. The number of nitrogens with one attached hydrogen (secondary N) is 5. The van der Waals surface area contributed by atoms with Crippen LogP contribution >= 0.6 is 7.60 Å². The molecule has 244 valence electrons. The van der Waals surface area contributed by atoms with Crippen molar-refractivity contribution in [1.29, 1.82) is 0 Å². The molecule has 2 aromatic rings. The fourth-order valence-corrected chi connectivity index (χ4v) is 8.82. The number of nitrogens with zero attached hydrogens (tertiary/aromatic N) is 1. The van der Waals surface area contributed by atoms with E-state index in [0.717, 1.165) is 6.42 Å². The third-order valence-corrected chi connectivity index (χ3v) is 11.1. The molecule has 6 rings (SSSR count). The van der Waals surface area contributed by atoms with E-state index in [9.17, 15) is 38.3 Å². The second kappa shape index (κ2) is 12.6. The number of carbonyl (C=O) groups excluding carboxylic acids is 5. The summed E-state index contributed by atoms with van der Waals surface area (Å²) in [7, 11) is -5.13. The van der Waals surface area contributed by atoms with Crippen LogP contribution in [-0.2, 0) is 33.8 Å². The average Bonchev–Trinajstić information content (AvgIpc) is 3.84. The Kier molecular flexibility index (Phi) is 8.73. The van der Waals surface area contributed by atoms with Gasteiger partial charge in [0.2, 0.25) is 29.5 Å². The topological polar surface area (TPSA) is 206 Å². The molecule has 0 aromatic heterocycles. The predicted molar refractivity (Wildman–Crippen MR) is 166 cm³/mol. The van der Waals surface area contributed by atoms with Gasteiger partial charge < -0.3 is 41.3 Å². The highest BCUT2D eigenvalue weighted by atomic mass is 31.2. The third-order valence-electron chi connectivity index (χ3n) is 9.39. The molecule has 46 heavy (non-hydrogen) atoms. The Hall–Kier alpha value is -4.10. The van der Waals surface area contributed by atoms with Gasteiger partial charge in [0, 0.05) is 36.7 Å². The minimum atomic E-state index is -5.13. The average molecular weight is 653 g/mol. The predicted octanol–water partition coefficient (Wildman–Crippen LogP) is 1.22. The minimum absolute atomic E-state index is 0.104. The molecule has 4 saturated heterocycles. The molecule has 5 atom stereocenters. The molecule has 4 aliphatic heterocycles. The van der Waals surface area contributed by atoms with Crippen LogP contribution in [-0.4, -0.2) is 75.4 Å². The molecule has 0 aliphatic carbocycles. The number of likely N-dealkylation sites (tertiary alicyclic amines) is 1. The number of benzene rings is 2. The summed E-state index contributed by atoms with van der Waals surface area (Å²) in [6, 6.07) is 10.9. The summed E-state index contributed by atoms with van der Waals surface area (Å²) in [5.74, 6) is -2.34. The van der Waals surface area contributed by atoms with E-state index >= 15 is 0 Å². The molecular formula is C31H37N6O8P. The van der Waals surface area contributed by atoms with Gasteiger partial charge in [-0.15, -0.1) is 0 Å². The SMILES string of the molecule is O=C1CC[C@@H](C(=O)Nc2ccc(C3CCN(C(=O)C4CCCN4)[C@@]3(c3ccc(NC(=O)[C@@H]4CCC(=O)N4)cc3)P(=O)(O)O)cc2)N1. The quantitative estimate of drug-likeness (QED) is 0.204. The molecule has 0 saturated carbocycles. The van der Waals surface area contributed by atoms with Gasteiger partial charge in [0.05, 0.1) is 6.04 Å². The third kappa shape index (κ3) is 5.93. The second-order valence-corrected chi connectivity index (χ2v) is 14.0. The maximum absolute atomic E-state index is 13.9. The van der Waals surface area contributed by atoms with Crippen molar-refractivity contribution >= 4 is 48.5 Å². The van der Waals surface area contributed by atoms with Crippen molar-refractivity contribution in [3.8, 4) is 0 Å². The first-order valence-electron chi connectivity index (χ1n) is 15.5. The second-order valence-electron chi connectivity index (χ2n) is 12.2. The van der Waals surface area contributed by atoms with Crippen LogP contribution in [0.4, 0.5) is 11.4 Å². The standard InChI is InChI=1S/C31H37N6O8P/c38-26-13-11-23(35-26)28(40)33-20-7-3-18(4-8-20)22-15-17-37(30(42)25-2-1-16-32-25)31(22,46(43,44)45)19-5-9-21(10-6-19)34-29(41)24-12-14-27(39)36-24/h3-10,22-25,32H,1-2,11-17H2,(H,33,40)(H,34,41)(H,35,38)(H,36,39)(H2,43,44,45)/t22?,23-,24-,25?,31-/m0/s1. The fourth-order valence-electron chi connectivity index (χ4n) is 7.14. The highest BCUT2D eigenvalue weighted by molar-refractivity contribution is 7.53. The summed E-state index contributed by atoms with van der Waals surface area (Å²) >= 11 is 0. The maximum Gasteiger partial charge on any atom is 0.356 e. The van der Waals surface area contributed by atoms with Crippen molar-refractivity contribution in [2.75, 3.05) is 23.7 Å². The summed E-state index contributed by atoms with van der Waals surface area (Å²) in [6.45, 7) is 0.733. The summed E-state index contributed by atoms with van der Waals surface area (Å²) in [5, 5.41) is 11.9. The van der Waals surface area contributed by atoms with Gasteiger partial charge in [-0.1, -0.05) is 24.3 Å². The van der Waals surface area contributed by atoms with Crippen LogP contribution in [0.2, 0.25) is 0 Å². The zero-order valence-electron chi connectivity index (χ0n) is 25.0. The van der Waals surface area contributed by atoms with Crippen molar-refractivity contribution in [3.63, 3.8) is 0 Å². The zero-order chi connectivity index (χ0) is 32.6. The van der Waals surface area contributed by atoms with Gasteiger partial charge in [0.25, 0.3) is 0 Å². The van der Waals surface area contributed by atoms with Gasteiger partial charge >= 0.3 is 7.60 Å². The van der Waals surface area contributed by atoms with Gasteiger partial charge in [-0.2, -0.15) is 0 Å². The molecular weight excluding hydrogens is 615 g/mol. The molecule has 0 spiro atoms. The lowest BCUT2D eigenvalue weighted by Gasteiger charge is -2.44. The first kappa shape index (κ1) is 31.9. The molecule has 7 N–H and O–H groups in total. The Morgan fingerprint density at radius 3 is 1.78 bits per heavy atom. The Bertz CT molecular complexity index is 1590. The summed E-state index contributed by atoms with van der Waals surface area (Å²) in [4.78, 5) is 86.1. The lowest BCUT2D eigenvalue weighted by atomic mass is 9.86. The number of hydrogen-bond donors (Lipinski definition) is 7. The van der Waals surface area contributed by atoms with Crippen LogP contribution in [0.15, 0.2) is 48.5 Å². The van der Waals surface area contributed by atoms with Crippen LogP contribution in [0.1, 0.15) is 62.0 Å². The Balaban J connectivity index is 1.32. The van der Waals surface area contributed by atoms with Crippen LogP contribution in [0.3, 0.4) is 0 Å². The number of carbonyl (C=O) groups is 5. The van der Waals surface area contributed by atoms with E-state index in [2.05, 4.69) is 26.6 Å². The van der Waals surface area contributed by atoms with Gasteiger partial charge in [-0.25, -0.2) is 0 Å².